The Kier molecular flexibility index (Phi) is 7.25. The summed E-state index contributed by atoms with van der Waals surface area (Å²) in [5, 5.41) is 2.90. The molecule has 1 fully saturated rings. The number of benzene rings is 1. The number of carbonyl (C=O) groups excluding carboxylic acids is 2. The normalized spacial score (nSPS) is 15.6. The van der Waals surface area contributed by atoms with Gasteiger partial charge in [0.1, 0.15) is 5.82 Å². The van der Waals surface area contributed by atoms with E-state index in [-0.39, 0.29) is 29.7 Å². The van der Waals surface area contributed by atoms with E-state index in [1.165, 1.54) is 12.1 Å². The number of likely N-dealkylation sites (tertiary alicyclic amines) is 1. The highest BCUT2D eigenvalue weighted by Crippen LogP contribution is 2.31. The van der Waals surface area contributed by atoms with Gasteiger partial charge in [-0.2, -0.15) is 0 Å². The van der Waals surface area contributed by atoms with Crippen molar-refractivity contribution in [3.8, 4) is 0 Å². The average Bonchev–Trinajstić information content (AvgIpc) is 2.75. The lowest BCUT2D eigenvalue weighted by molar-refractivity contribution is -0.137. The predicted octanol–water partition coefficient (Wildman–Crippen LogP) is 3.91. The van der Waals surface area contributed by atoms with Crippen LogP contribution < -0.4 is 5.32 Å². The third-order valence-corrected chi connectivity index (χ3v) is 5.77. The molecule has 31 heavy (non-hydrogen) atoms. The third-order valence-electron chi connectivity index (χ3n) is 5.77. The molecule has 0 aliphatic carbocycles. The van der Waals surface area contributed by atoms with Crippen molar-refractivity contribution >= 4 is 11.9 Å². The number of urea groups is 1. The Bertz CT molecular complexity index is 908. The predicted molar refractivity (Wildman–Crippen MR) is 118 cm³/mol. The third kappa shape index (κ3) is 5.40. The molecule has 2 heterocycles. The summed E-state index contributed by atoms with van der Waals surface area (Å²) in [6.45, 7) is 6.92. The highest BCUT2D eigenvalue weighted by atomic mass is 19.1. The first kappa shape index (κ1) is 22.7. The maximum Gasteiger partial charge on any atom is 0.317 e. The molecule has 3 amide bonds. The number of amides is 3. The largest absolute Gasteiger partial charge is 0.336 e. The Morgan fingerprint density at radius 1 is 1.16 bits per heavy atom. The van der Waals surface area contributed by atoms with E-state index in [1.807, 2.05) is 32.9 Å². The fourth-order valence-corrected chi connectivity index (χ4v) is 4.08. The minimum atomic E-state index is -0.406. The van der Waals surface area contributed by atoms with Crippen LogP contribution in [0.1, 0.15) is 49.6 Å². The second kappa shape index (κ2) is 9.90. The Labute approximate surface area is 183 Å². The number of halogens is 1. The van der Waals surface area contributed by atoms with Gasteiger partial charge in [0.15, 0.2) is 0 Å². The minimum absolute atomic E-state index is 0.0169. The minimum Gasteiger partial charge on any atom is -0.336 e. The quantitative estimate of drug-likeness (QED) is 0.788. The first-order chi connectivity index (χ1) is 14.8. The van der Waals surface area contributed by atoms with Gasteiger partial charge < -0.3 is 15.1 Å². The van der Waals surface area contributed by atoms with Crippen molar-refractivity contribution in [3.63, 3.8) is 0 Å². The zero-order valence-corrected chi connectivity index (χ0v) is 18.6. The fourth-order valence-electron chi connectivity index (χ4n) is 4.08. The standard InChI is InChI=1S/C24H31FN4O2/c1-16(2)27-24(31)29-14-11-19(12-15-29)23(30)28(4)22(18-7-9-20(25)10-8-18)21-17(3)6-5-13-26-21/h5-10,13,16,19,22H,11-12,14-15H2,1-4H3,(H,27,31). The Morgan fingerprint density at radius 3 is 2.39 bits per heavy atom. The molecule has 7 heteroatoms. The van der Waals surface area contributed by atoms with Gasteiger partial charge in [-0.3, -0.25) is 9.78 Å². The summed E-state index contributed by atoms with van der Waals surface area (Å²) in [7, 11) is 1.78. The smallest absolute Gasteiger partial charge is 0.317 e. The number of carbonyl (C=O) groups is 2. The van der Waals surface area contributed by atoms with Crippen LogP contribution in [0.5, 0.6) is 0 Å². The van der Waals surface area contributed by atoms with E-state index in [9.17, 15) is 14.0 Å². The fraction of sp³-hybridized carbons (Fsp3) is 0.458. The second-order valence-corrected chi connectivity index (χ2v) is 8.47. The molecule has 1 saturated heterocycles. The average molecular weight is 427 g/mol. The van der Waals surface area contributed by atoms with Gasteiger partial charge >= 0.3 is 6.03 Å². The van der Waals surface area contributed by atoms with Crippen molar-refractivity contribution in [3.05, 3.63) is 65.2 Å². The zero-order valence-electron chi connectivity index (χ0n) is 18.6. The van der Waals surface area contributed by atoms with Crippen molar-refractivity contribution in [1.82, 2.24) is 20.1 Å². The number of nitrogens with zero attached hydrogens (tertiary/aromatic N) is 3. The van der Waals surface area contributed by atoms with Crippen LogP contribution in [0.3, 0.4) is 0 Å². The molecule has 1 aliphatic rings. The molecule has 1 aliphatic heterocycles. The van der Waals surface area contributed by atoms with E-state index in [4.69, 9.17) is 0 Å². The van der Waals surface area contributed by atoms with E-state index in [2.05, 4.69) is 10.3 Å². The molecule has 3 rings (SSSR count). The van der Waals surface area contributed by atoms with Crippen molar-refractivity contribution in [2.24, 2.45) is 5.92 Å². The molecule has 6 nitrogen and oxygen atoms in total. The molecule has 1 unspecified atom stereocenters. The molecule has 0 saturated carbocycles. The molecular weight excluding hydrogens is 395 g/mol. The topological polar surface area (TPSA) is 65.5 Å². The summed E-state index contributed by atoms with van der Waals surface area (Å²) in [5.41, 5.74) is 2.56. The van der Waals surface area contributed by atoms with Crippen LogP contribution in [0.2, 0.25) is 0 Å². The van der Waals surface area contributed by atoms with Gasteiger partial charge in [-0.05, 0) is 62.9 Å². The lowest BCUT2D eigenvalue weighted by Gasteiger charge is -2.36. The molecular formula is C24H31FN4O2. The molecule has 1 aromatic carbocycles. The molecule has 0 bridgehead atoms. The number of nitrogens with one attached hydrogen (secondary N) is 1. The first-order valence-electron chi connectivity index (χ1n) is 10.8. The molecule has 1 N–H and O–H groups in total. The van der Waals surface area contributed by atoms with Crippen LogP contribution in [0.4, 0.5) is 9.18 Å². The van der Waals surface area contributed by atoms with Crippen LogP contribution in [-0.4, -0.2) is 52.9 Å². The van der Waals surface area contributed by atoms with Gasteiger partial charge in [0, 0.05) is 38.3 Å². The Hall–Kier alpha value is -2.96. The van der Waals surface area contributed by atoms with Crippen LogP contribution in [-0.2, 0) is 4.79 Å². The van der Waals surface area contributed by atoms with Gasteiger partial charge in [-0.1, -0.05) is 18.2 Å². The first-order valence-corrected chi connectivity index (χ1v) is 10.8. The van der Waals surface area contributed by atoms with Gasteiger partial charge in [-0.15, -0.1) is 0 Å². The van der Waals surface area contributed by atoms with E-state index in [0.717, 1.165) is 16.8 Å². The Morgan fingerprint density at radius 2 is 1.81 bits per heavy atom. The number of hydrogen-bond acceptors (Lipinski definition) is 3. The summed E-state index contributed by atoms with van der Waals surface area (Å²) >= 11 is 0. The van der Waals surface area contributed by atoms with Crippen LogP contribution in [0, 0.1) is 18.7 Å². The number of aromatic nitrogens is 1. The second-order valence-electron chi connectivity index (χ2n) is 8.47. The summed E-state index contributed by atoms with van der Waals surface area (Å²) in [6, 6.07) is 9.64. The van der Waals surface area contributed by atoms with Crippen molar-refractivity contribution in [1.29, 1.82) is 0 Å². The summed E-state index contributed by atoms with van der Waals surface area (Å²) < 4.78 is 13.5. The van der Waals surface area contributed by atoms with Crippen molar-refractivity contribution < 1.29 is 14.0 Å². The van der Waals surface area contributed by atoms with Crippen molar-refractivity contribution in [2.75, 3.05) is 20.1 Å². The zero-order chi connectivity index (χ0) is 22.5. The van der Waals surface area contributed by atoms with E-state index in [0.29, 0.717) is 25.9 Å². The van der Waals surface area contributed by atoms with Gasteiger partial charge in [-0.25, -0.2) is 9.18 Å². The molecule has 0 spiro atoms. The van der Waals surface area contributed by atoms with E-state index < -0.39 is 6.04 Å². The Balaban J connectivity index is 1.78. The van der Waals surface area contributed by atoms with Crippen molar-refractivity contribution in [2.45, 2.75) is 45.7 Å². The highest BCUT2D eigenvalue weighted by molar-refractivity contribution is 5.80. The summed E-state index contributed by atoms with van der Waals surface area (Å²) in [4.78, 5) is 33.7. The lowest BCUT2D eigenvalue weighted by atomic mass is 9.92. The summed E-state index contributed by atoms with van der Waals surface area (Å²) in [6.07, 6.45) is 2.95. The molecule has 0 radical (unpaired) electrons. The number of rotatable bonds is 5. The van der Waals surface area contributed by atoms with Gasteiger partial charge in [0.2, 0.25) is 5.91 Å². The highest BCUT2D eigenvalue weighted by Gasteiger charge is 2.33. The maximum absolute atomic E-state index is 13.5. The van der Waals surface area contributed by atoms with Gasteiger partial charge in [0.05, 0.1) is 11.7 Å². The van der Waals surface area contributed by atoms with Crippen LogP contribution in [0.25, 0.3) is 0 Å². The SMILES string of the molecule is Cc1cccnc1C(c1ccc(F)cc1)N(C)C(=O)C1CCN(C(=O)NC(C)C)CC1. The molecule has 166 valence electrons. The molecule has 1 aromatic heterocycles. The monoisotopic (exact) mass is 426 g/mol. The molecule has 1 atom stereocenters. The maximum atomic E-state index is 13.5. The number of aryl methyl sites for hydroxylation is 1. The molecule has 2 aromatic rings. The summed E-state index contributed by atoms with van der Waals surface area (Å²) in [5.74, 6) is -0.468. The van der Waals surface area contributed by atoms with Crippen LogP contribution >= 0.6 is 0 Å². The number of piperidine rings is 1. The van der Waals surface area contributed by atoms with Gasteiger partial charge in [0.25, 0.3) is 0 Å². The number of hydrogen-bond donors (Lipinski definition) is 1. The van der Waals surface area contributed by atoms with E-state index in [1.54, 1.807) is 35.2 Å². The van der Waals surface area contributed by atoms with Crippen LogP contribution in [0.15, 0.2) is 42.6 Å². The number of pyridine rings is 1. The van der Waals surface area contributed by atoms with E-state index >= 15 is 0 Å². The lowest BCUT2D eigenvalue weighted by Crippen LogP contribution is -2.49.